The molecule has 2 N–H and O–H groups in total. The first-order chi connectivity index (χ1) is 15.8. The first-order valence-electron chi connectivity index (χ1n) is 11.0. The Hall–Kier alpha value is -3.75. The summed E-state index contributed by atoms with van der Waals surface area (Å²) in [6.07, 6.45) is 4.50. The van der Waals surface area contributed by atoms with Crippen molar-refractivity contribution in [1.29, 1.82) is 0 Å². The maximum Gasteiger partial charge on any atom is 0.270 e. The first kappa shape index (κ1) is 23.9. The Morgan fingerprint density at radius 2 is 1.76 bits per heavy atom. The fraction of sp³-hybridized carbons (Fsp3) is 0.375. The molecule has 0 aliphatic heterocycles. The highest BCUT2D eigenvalue weighted by Crippen LogP contribution is 2.25. The Balaban J connectivity index is 1.65. The Morgan fingerprint density at radius 3 is 2.45 bits per heavy atom. The molecular formula is C24H28N4O5. The van der Waals surface area contributed by atoms with Gasteiger partial charge in [-0.15, -0.1) is 0 Å². The van der Waals surface area contributed by atoms with Crippen LogP contribution in [0.3, 0.4) is 0 Å². The first-order valence-corrected chi connectivity index (χ1v) is 11.0. The van der Waals surface area contributed by atoms with Crippen molar-refractivity contribution in [3.63, 3.8) is 0 Å². The monoisotopic (exact) mass is 452 g/mol. The number of non-ortho nitro benzene ring substituents is 1. The van der Waals surface area contributed by atoms with Gasteiger partial charge in [0.25, 0.3) is 11.6 Å². The van der Waals surface area contributed by atoms with Crippen LogP contribution in [0.15, 0.2) is 48.5 Å². The van der Waals surface area contributed by atoms with Crippen LogP contribution in [0.2, 0.25) is 0 Å². The topological polar surface area (TPSA) is 122 Å². The highest BCUT2D eigenvalue weighted by molar-refractivity contribution is 5.98. The van der Waals surface area contributed by atoms with Crippen LogP contribution in [0.25, 0.3) is 0 Å². The summed E-state index contributed by atoms with van der Waals surface area (Å²) in [6, 6.07) is 12.7. The zero-order valence-corrected chi connectivity index (χ0v) is 18.6. The van der Waals surface area contributed by atoms with E-state index < -0.39 is 16.7 Å². The van der Waals surface area contributed by atoms with E-state index in [0.29, 0.717) is 5.69 Å². The molecule has 9 nitrogen and oxygen atoms in total. The lowest BCUT2D eigenvalue weighted by molar-refractivity contribution is -0.384. The molecule has 1 fully saturated rings. The zero-order valence-electron chi connectivity index (χ0n) is 18.6. The lowest BCUT2D eigenvalue weighted by Crippen LogP contribution is -2.48. The minimum Gasteiger partial charge on any atom is -0.345 e. The number of carbonyl (C=O) groups excluding carboxylic acids is 3. The number of amides is 3. The number of anilines is 1. The summed E-state index contributed by atoms with van der Waals surface area (Å²) < 4.78 is 0. The van der Waals surface area contributed by atoms with E-state index in [2.05, 4.69) is 10.6 Å². The molecule has 9 heteroatoms. The molecule has 33 heavy (non-hydrogen) atoms. The van der Waals surface area contributed by atoms with E-state index in [1.54, 1.807) is 6.07 Å². The Kier molecular flexibility index (Phi) is 8.12. The van der Waals surface area contributed by atoms with Crippen LogP contribution >= 0.6 is 0 Å². The van der Waals surface area contributed by atoms with Gasteiger partial charge < -0.3 is 15.5 Å². The summed E-state index contributed by atoms with van der Waals surface area (Å²) >= 11 is 0. The Morgan fingerprint density at radius 1 is 1.03 bits per heavy atom. The maximum absolute atomic E-state index is 13.2. The molecule has 0 atom stereocenters. The highest BCUT2D eigenvalue weighted by Gasteiger charge is 2.29. The second kappa shape index (κ2) is 11.2. The number of rotatable bonds is 8. The van der Waals surface area contributed by atoms with E-state index in [-0.39, 0.29) is 36.3 Å². The largest absolute Gasteiger partial charge is 0.345 e. The van der Waals surface area contributed by atoms with Gasteiger partial charge in [-0.2, -0.15) is 0 Å². The minimum absolute atomic E-state index is 0.127. The minimum atomic E-state index is -0.554. The molecule has 1 aliphatic carbocycles. The molecule has 2 aromatic carbocycles. The van der Waals surface area contributed by atoms with Crippen molar-refractivity contribution in [1.82, 2.24) is 10.2 Å². The molecule has 3 amide bonds. The van der Waals surface area contributed by atoms with Crippen LogP contribution in [-0.2, 0) is 9.59 Å². The van der Waals surface area contributed by atoms with Crippen LogP contribution in [0.5, 0.6) is 0 Å². The third-order valence-electron chi connectivity index (χ3n) is 5.64. The fourth-order valence-electron chi connectivity index (χ4n) is 4.00. The van der Waals surface area contributed by atoms with Gasteiger partial charge in [-0.3, -0.25) is 24.5 Å². The average Bonchev–Trinajstić information content (AvgIpc) is 2.81. The van der Waals surface area contributed by atoms with Crippen molar-refractivity contribution >= 4 is 29.1 Å². The molecule has 2 aromatic rings. The quantitative estimate of drug-likeness (QED) is 0.469. The summed E-state index contributed by atoms with van der Waals surface area (Å²) in [5.41, 5.74) is 1.63. The van der Waals surface area contributed by atoms with Crippen molar-refractivity contribution in [3.8, 4) is 0 Å². The second-order valence-corrected chi connectivity index (χ2v) is 8.23. The maximum atomic E-state index is 13.2. The third-order valence-corrected chi connectivity index (χ3v) is 5.64. The summed E-state index contributed by atoms with van der Waals surface area (Å²) in [7, 11) is 0. The van der Waals surface area contributed by atoms with Crippen molar-refractivity contribution in [3.05, 3.63) is 69.8 Å². The average molecular weight is 453 g/mol. The van der Waals surface area contributed by atoms with Gasteiger partial charge in [-0.05, 0) is 43.5 Å². The molecule has 3 rings (SSSR count). The molecule has 1 saturated carbocycles. The summed E-state index contributed by atoms with van der Waals surface area (Å²) in [6.45, 7) is 1.47. The predicted octanol–water partition coefficient (Wildman–Crippen LogP) is 3.43. The summed E-state index contributed by atoms with van der Waals surface area (Å²) in [5, 5.41) is 16.4. The van der Waals surface area contributed by atoms with Crippen molar-refractivity contribution < 1.29 is 19.3 Å². The smallest absolute Gasteiger partial charge is 0.270 e. The number of nitrogens with one attached hydrogen (secondary N) is 2. The SMILES string of the molecule is Cc1cccc(NC(=O)CNC(=O)CN(C(=O)c2cccc([N+](=O)[O-])c2)C2CCCCC2)c1. The fourth-order valence-corrected chi connectivity index (χ4v) is 4.00. The van der Waals surface area contributed by atoms with Gasteiger partial charge in [0.05, 0.1) is 11.5 Å². The molecule has 0 unspecified atom stereocenters. The molecule has 0 bridgehead atoms. The van der Waals surface area contributed by atoms with E-state index in [1.807, 2.05) is 25.1 Å². The summed E-state index contributed by atoms with van der Waals surface area (Å²) in [4.78, 5) is 50.1. The number of hydrogen-bond donors (Lipinski definition) is 2. The molecule has 0 radical (unpaired) electrons. The van der Waals surface area contributed by atoms with Crippen LogP contribution in [-0.4, -0.2) is 46.7 Å². The van der Waals surface area contributed by atoms with Gasteiger partial charge in [0.15, 0.2) is 0 Å². The number of carbonyl (C=O) groups is 3. The highest BCUT2D eigenvalue weighted by atomic mass is 16.6. The van der Waals surface area contributed by atoms with Crippen molar-refractivity contribution in [2.45, 2.75) is 45.1 Å². The number of hydrogen-bond acceptors (Lipinski definition) is 5. The number of nitro groups is 1. The predicted molar refractivity (Wildman–Crippen MR) is 124 cm³/mol. The van der Waals surface area contributed by atoms with Gasteiger partial charge in [-0.25, -0.2) is 0 Å². The molecule has 0 spiro atoms. The number of nitrogens with zero attached hydrogens (tertiary/aromatic N) is 2. The normalized spacial score (nSPS) is 13.7. The van der Waals surface area contributed by atoms with E-state index in [0.717, 1.165) is 37.7 Å². The van der Waals surface area contributed by atoms with Gasteiger partial charge in [0.2, 0.25) is 11.8 Å². The van der Waals surface area contributed by atoms with Crippen molar-refractivity contribution in [2.75, 3.05) is 18.4 Å². The Bertz CT molecular complexity index is 1030. The van der Waals surface area contributed by atoms with Crippen LogP contribution < -0.4 is 10.6 Å². The Labute approximate surface area is 192 Å². The van der Waals surface area contributed by atoms with Crippen LogP contribution in [0.4, 0.5) is 11.4 Å². The van der Waals surface area contributed by atoms with Crippen LogP contribution in [0.1, 0.15) is 48.0 Å². The molecule has 0 saturated heterocycles. The van der Waals surface area contributed by atoms with Gasteiger partial charge >= 0.3 is 0 Å². The van der Waals surface area contributed by atoms with E-state index in [4.69, 9.17) is 0 Å². The molecule has 0 heterocycles. The lowest BCUT2D eigenvalue weighted by atomic mass is 9.93. The number of nitro benzene ring substituents is 1. The van der Waals surface area contributed by atoms with Gasteiger partial charge in [-0.1, -0.05) is 37.5 Å². The van der Waals surface area contributed by atoms with E-state index in [9.17, 15) is 24.5 Å². The third kappa shape index (κ3) is 6.86. The van der Waals surface area contributed by atoms with Crippen molar-refractivity contribution in [2.24, 2.45) is 0 Å². The lowest BCUT2D eigenvalue weighted by Gasteiger charge is -2.34. The number of benzene rings is 2. The molecule has 1 aliphatic rings. The summed E-state index contributed by atoms with van der Waals surface area (Å²) in [5.74, 6) is -1.26. The van der Waals surface area contributed by atoms with E-state index >= 15 is 0 Å². The number of aryl methyl sites for hydroxylation is 1. The zero-order chi connectivity index (χ0) is 23.8. The standard InChI is InChI=1S/C24H28N4O5/c1-17-7-5-9-19(13-17)26-22(29)15-25-23(30)16-27(20-10-3-2-4-11-20)24(31)18-8-6-12-21(14-18)28(32)33/h5-9,12-14,20H,2-4,10-11,15-16H2,1H3,(H,25,30)(H,26,29). The molecule has 174 valence electrons. The van der Waals surface area contributed by atoms with E-state index in [1.165, 1.54) is 29.2 Å². The second-order valence-electron chi connectivity index (χ2n) is 8.23. The van der Waals surface area contributed by atoms with Crippen LogP contribution in [0, 0.1) is 17.0 Å². The van der Waals surface area contributed by atoms with Gasteiger partial charge in [0, 0.05) is 29.4 Å². The molecular weight excluding hydrogens is 424 g/mol. The molecule has 0 aromatic heterocycles. The van der Waals surface area contributed by atoms with Gasteiger partial charge in [0.1, 0.15) is 6.54 Å².